The summed E-state index contributed by atoms with van der Waals surface area (Å²) in [6.07, 6.45) is 1.97. The molecule has 18 heavy (non-hydrogen) atoms. The van der Waals surface area contributed by atoms with Crippen LogP contribution in [0.25, 0.3) is 16.2 Å². The molecule has 3 aromatic rings. The Morgan fingerprint density at radius 1 is 1.33 bits per heavy atom. The molecule has 0 saturated heterocycles. The van der Waals surface area contributed by atoms with Crippen LogP contribution in [0.1, 0.15) is 10.4 Å². The number of aryl methyl sites for hydroxylation is 2. The van der Waals surface area contributed by atoms with Crippen LogP contribution in [0.5, 0.6) is 0 Å². The maximum absolute atomic E-state index is 6.19. The number of fused-ring (bicyclic) bond motifs is 1. The van der Waals surface area contributed by atoms with E-state index in [0.29, 0.717) is 5.82 Å². The largest absolute Gasteiger partial charge is 0.383 e. The molecule has 5 heteroatoms. The minimum Gasteiger partial charge on any atom is -0.383 e. The second-order valence-electron chi connectivity index (χ2n) is 4.29. The first kappa shape index (κ1) is 11.7. The van der Waals surface area contributed by atoms with E-state index in [4.69, 9.17) is 5.73 Å². The topological polar surface area (TPSA) is 43.3 Å². The normalized spacial score (nSPS) is 11.3. The van der Waals surface area contributed by atoms with Crippen molar-refractivity contribution in [3.05, 3.63) is 39.3 Å². The fraction of sp³-hybridized carbons (Fsp3) is 0.154. The first-order valence-electron chi connectivity index (χ1n) is 5.57. The number of thiophene rings is 1. The van der Waals surface area contributed by atoms with Crippen LogP contribution in [0.2, 0.25) is 0 Å². The van der Waals surface area contributed by atoms with E-state index >= 15 is 0 Å². The third-order valence-corrected chi connectivity index (χ3v) is 4.75. The van der Waals surface area contributed by atoms with Gasteiger partial charge in [0.2, 0.25) is 0 Å². The minimum absolute atomic E-state index is 0.688. The van der Waals surface area contributed by atoms with Crippen LogP contribution in [0.3, 0.4) is 0 Å². The van der Waals surface area contributed by atoms with Crippen molar-refractivity contribution in [2.45, 2.75) is 13.8 Å². The number of pyridine rings is 1. The highest BCUT2D eigenvalue weighted by Gasteiger charge is 2.13. The van der Waals surface area contributed by atoms with E-state index in [-0.39, 0.29) is 0 Å². The van der Waals surface area contributed by atoms with E-state index in [0.717, 1.165) is 26.3 Å². The fourth-order valence-corrected chi connectivity index (χ4v) is 3.11. The van der Waals surface area contributed by atoms with Gasteiger partial charge in [-0.2, -0.15) is 0 Å². The monoisotopic (exact) mass is 321 g/mol. The van der Waals surface area contributed by atoms with E-state index in [2.05, 4.69) is 40.0 Å². The summed E-state index contributed by atoms with van der Waals surface area (Å²) in [5.74, 6) is 0.688. The Balaban J connectivity index is 2.29. The number of anilines is 1. The molecule has 0 radical (unpaired) electrons. The van der Waals surface area contributed by atoms with Gasteiger partial charge in [0.15, 0.2) is 0 Å². The van der Waals surface area contributed by atoms with E-state index in [1.54, 1.807) is 11.3 Å². The van der Waals surface area contributed by atoms with E-state index in [9.17, 15) is 0 Å². The Kier molecular flexibility index (Phi) is 2.68. The molecule has 0 fully saturated rings. The molecule has 0 aliphatic carbocycles. The van der Waals surface area contributed by atoms with Gasteiger partial charge in [0.05, 0.1) is 4.88 Å². The zero-order valence-electron chi connectivity index (χ0n) is 10.1. The predicted molar refractivity (Wildman–Crippen MR) is 80.1 cm³/mol. The number of hydrogen-bond acceptors (Lipinski definition) is 3. The number of nitrogens with two attached hydrogens (primary N) is 1. The molecule has 0 aliphatic rings. The highest BCUT2D eigenvalue weighted by atomic mass is 79.9. The molecule has 0 aliphatic heterocycles. The van der Waals surface area contributed by atoms with E-state index in [1.807, 2.05) is 23.6 Å². The van der Waals surface area contributed by atoms with Gasteiger partial charge in [-0.15, -0.1) is 11.3 Å². The number of hydrogen-bond donors (Lipinski definition) is 1. The second-order valence-corrected chi connectivity index (χ2v) is 6.43. The van der Waals surface area contributed by atoms with E-state index < -0.39 is 0 Å². The lowest BCUT2D eigenvalue weighted by molar-refractivity contribution is 1.16. The van der Waals surface area contributed by atoms with Crippen LogP contribution in [-0.2, 0) is 0 Å². The van der Waals surface area contributed by atoms with Crippen molar-refractivity contribution in [1.82, 2.24) is 9.38 Å². The lowest BCUT2D eigenvalue weighted by atomic mass is 10.3. The van der Waals surface area contributed by atoms with Gasteiger partial charge in [-0.1, -0.05) is 0 Å². The minimum atomic E-state index is 0.688. The summed E-state index contributed by atoms with van der Waals surface area (Å²) in [4.78, 5) is 7.00. The molecule has 3 heterocycles. The van der Waals surface area contributed by atoms with Gasteiger partial charge in [-0.05, 0) is 53.5 Å². The molecule has 3 rings (SSSR count). The Bertz CT molecular complexity index is 742. The van der Waals surface area contributed by atoms with Gasteiger partial charge in [-0.25, -0.2) is 4.98 Å². The van der Waals surface area contributed by atoms with Gasteiger partial charge in [0.25, 0.3) is 0 Å². The van der Waals surface area contributed by atoms with Crippen molar-refractivity contribution in [3.63, 3.8) is 0 Å². The maximum Gasteiger partial charge on any atom is 0.139 e. The van der Waals surface area contributed by atoms with Crippen molar-refractivity contribution >= 4 is 38.7 Å². The highest BCUT2D eigenvalue weighted by Crippen LogP contribution is 2.33. The molecule has 0 spiro atoms. The summed E-state index contributed by atoms with van der Waals surface area (Å²) in [6.45, 7) is 4.13. The third kappa shape index (κ3) is 1.74. The van der Waals surface area contributed by atoms with Gasteiger partial charge >= 0.3 is 0 Å². The van der Waals surface area contributed by atoms with Crippen molar-refractivity contribution in [2.75, 3.05) is 5.73 Å². The highest BCUT2D eigenvalue weighted by molar-refractivity contribution is 9.10. The van der Waals surface area contributed by atoms with Crippen molar-refractivity contribution in [1.29, 1.82) is 0 Å². The van der Waals surface area contributed by atoms with E-state index in [1.165, 1.54) is 4.88 Å². The van der Waals surface area contributed by atoms with Gasteiger partial charge < -0.3 is 5.73 Å². The predicted octanol–water partition coefficient (Wildman–Crippen LogP) is 4.02. The van der Waals surface area contributed by atoms with Crippen LogP contribution in [0.15, 0.2) is 28.9 Å². The Labute approximate surface area is 117 Å². The van der Waals surface area contributed by atoms with Crippen LogP contribution in [0.4, 0.5) is 5.82 Å². The van der Waals surface area contributed by atoms with Gasteiger partial charge in [0, 0.05) is 15.5 Å². The zero-order chi connectivity index (χ0) is 12.9. The molecule has 2 N–H and O–H groups in total. The van der Waals surface area contributed by atoms with Crippen molar-refractivity contribution in [3.8, 4) is 10.6 Å². The maximum atomic E-state index is 6.19. The summed E-state index contributed by atoms with van der Waals surface area (Å²) in [7, 11) is 0. The Morgan fingerprint density at radius 2 is 2.11 bits per heavy atom. The molecule has 0 saturated carbocycles. The van der Waals surface area contributed by atoms with Crippen molar-refractivity contribution in [2.24, 2.45) is 0 Å². The summed E-state index contributed by atoms with van der Waals surface area (Å²) in [5.41, 5.74) is 9.09. The van der Waals surface area contributed by atoms with Crippen LogP contribution in [0, 0.1) is 13.8 Å². The molecule has 3 aromatic heterocycles. The summed E-state index contributed by atoms with van der Waals surface area (Å²) in [6, 6.07) is 6.19. The molecule has 0 amide bonds. The Morgan fingerprint density at radius 3 is 2.78 bits per heavy atom. The molecular weight excluding hydrogens is 310 g/mol. The molecule has 0 aromatic carbocycles. The van der Waals surface area contributed by atoms with Crippen LogP contribution in [-0.4, -0.2) is 9.38 Å². The average molecular weight is 322 g/mol. The number of nitrogen functional groups attached to an aromatic ring is 1. The summed E-state index contributed by atoms with van der Waals surface area (Å²) in [5, 5.41) is 0. The second kappa shape index (κ2) is 4.10. The summed E-state index contributed by atoms with van der Waals surface area (Å²) >= 11 is 5.23. The van der Waals surface area contributed by atoms with Crippen LogP contribution >= 0.6 is 27.3 Å². The lowest BCUT2D eigenvalue weighted by Gasteiger charge is -2.00. The molecule has 0 bridgehead atoms. The lowest BCUT2D eigenvalue weighted by Crippen LogP contribution is -1.94. The number of imidazole rings is 1. The smallest absolute Gasteiger partial charge is 0.139 e. The zero-order valence-corrected chi connectivity index (χ0v) is 12.5. The first-order valence-corrected chi connectivity index (χ1v) is 7.17. The van der Waals surface area contributed by atoms with Crippen molar-refractivity contribution < 1.29 is 0 Å². The SMILES string of the molecule is Cc1ccc(-c2nc3cc(C)c(Br)cn3c2N)s1. The molecule has 0 atom stereocenters. The number of rotatable bonds is 1. The quantitative estimate of drug-likeness (QED) is 0.735. The Hall–Kier alpha value is -1.33. The average Bonchev–Trinajstić information content (AvgIpc) is 2.86. The summed E-state index contributed by atoms with van der Waals surface area (Å²) < 4.78 is 2.95. The third-order valence-electron chi connectivity index (χ3n) is 2.91. The fourth-order valence-electron chi connectivity index (χ4n) is 1.92. The molecular formula is C13H12BrN3S. The standard InChI is InChI=1S/C13H12BrN3S/c1-7-5-11-16-12(10-4-3-8(2)18-10)13(15)17(11)6-9(7)14/h3-6H,15H2,1-2H3. The number of aromatic nitrogens is 2. The first-order chi connectivity index (χ1) is 8.56. The molecule has 92 valence electrons. The number of halogens is 1. The molecule has 3 nitrogen and oxygen atoms in total. The molecule has 0 unspecified atom stereocenters. The number of nitrogens with zero attached hydrogens (tertiary/aromatic N) is 2. The van der Waals surface area contributed by atoms with Gasteiger partial charge in [0.1, 0.15) is 17.2 Å². The van der Waals surface area contributed by atoms with Crippen LogP contribution < -0.4 is 5.73 Å². The van der Waals surface area contributed by atoms with Gasteiger partial charge in [-0.3, -0.25) is 4.40 Å².